The van der Waals surface area contributed by atoms with E-state index in [4.69, 9.17) is 17.4 Å². The van der Waals surface area contributed by atoms with Crippen LogP contribution in [-0.2, 0) is 19.9 Å². The van der Waals surface area contributed by atoms with Gasteiger partial charge in [0.15, 0.2) is 0 Å². The van der Waals surface area contributed by atoms with E-state index in [9.17, 15) is 0 Å². The van der Waals surface area contributed by atoms with Crippen molar-refractivity contribution in [2.24, 2.45) is 12.9 Å². The van der Waals surface area contributed by atoms with E-state index in [0.29, 0.717) is 10.4 Å². The van der Waals surface area contributed by atoms with Gasteiger partial charge in [0.05, 0.1) is 5.69 Å². The number of benzene rings is 1. The van der Waals surface area contributed by atoms with Crippen molar-refractivity contribution >= 4 is 23.4 Å². The molecule has 21 heavy (non-hydrogen) atoms. The van der Waals surface area contributed by atoms with Crippen LogP contribution in [0, 0.1) is 6.92 Å². The molecule has 1 aromatic heterocycles. The van der Waals surface area contributed by atoms with Crippen LogP contribution >= 0.6 is 23.4 Å². The van der Waals surface area contributed by atoms with Gasteiger partial charge in [-0.3, -0.25) is 16.0 Å². The lowest BCUT2D eigenvalue weighted by Gasteiger charge is -2.22. The van der Waals surface area contributed by atoms with Crippen LogP contribution in [0.25, 0.3) is 0 Å². The van der Waals surface area contributed by atoms with Gasteiger partial charge in [0.2, 0.25) is 0 Å². The molecular weight excluding hydrogens is 304 g/mol. The normalized spacial score (nSPS) is 18.8. The van der Waals surface area contributed by atoms with Crippen LogP contribution in [0.4, 0.5) is 0 Å². The summed E-state index contributed by atoms with van der Waals surface area (Å²) in [6, 6.07) is 8.71. The molecular formula is C15H19ClN4S. The van der Waals surface area contributed by atoms with E-state index in [1.165, 1.54) is 10.5 Å². The Hall–Kier alpha value is -1.01. The van der Waals surface area contributed by atoms with Gasteiger partial charge in [-0.15, -0.1) is 11.8 Å². The summed E-state index contributed by atoms with van der Waals surface area (Å²) in [5.41, 5.74) is 6.44. The van der Waals surface area contributed by atoms with Crippen LogP contribution in [0.15, 0.2) is 29.2 Å². The Morgan fingerprint density at radius 1 is 1.52 bits per heavy atom. The second kappa shape index (κ2) is 6.01. The standard InChI is InChI=1S/C15H19ClN4S/c1-9-11(15(16)20(2)19-9)8-12(18-17)14-7-10-5-3-4-6-13(10)21-14/h3-6,12,14,18H,7-8,17H2,1-2H3. The summed E-state index contributed by atoms with van der Waals surface area (Å²) in [6.07, 6.45) is 1.83. The highest BCUT2D eigenvalue weighted by atomic mass is 35.5. The molecule has 3 rings (SSSR count). The summed E-state index contributed by atoms with van der Waals surface area (Å²) in [4.78, 5) is 1.36. The summed E-state index contributed by atoms with van der Waals surface area (Å²) in [5, 5.41) is 5.49. The monoisotopic (exact) mass is 322 g/mol. The van der Waals surface area contributed by atoms with Gasteiger partial charge in [0.25, 0.3) is 0 Å². The Morgan fingerprint density at radius 3 is 2.90 bits per heavy atom. The van der Waals surface area contributed by atoms with Crippen LogP contribution in [0.3, 0.4) is 0 Å². The smallest absolute Gasteiger partial charge is 0.130 e. The summed E-state index contributed by atoms with van der Waals surface area (Å²) >= 11 is 8.23. The van der Waals surface area contributed by atoms with Crippen LogP contribution in [0.1, 0.15) is 16.8 Å². The van der Waals surface area contributed by atoms with Crippen molar-refractivity contribution in [3.8, 4) is 0 Å². The third kappa shape index (κ3) is 2.83. The average Bonchev–Trinajstić information content (AvgIpc) is 3.00. The number of nitrogens with zero attached hydrogens (tertiary/aromatic N) is 2. The molecule has 2 heterocycles. The number of aromatic nitrogens is 2. The number of rotatable bonds is 4. The SMILES string of the molecule is Cc1nn(C)c(Cl)c1CC(NN)C1Cc2ccccc2S1. The second-order valence-electron chi connectivity index (χ2n) is 5.42. The van der Waals surface area contributed by atoms with E-state index in [2.05, 4.69) is 34.8 Å². The van der Waals surface area contributed by atoms with Crippen molar-refractivity contribution in [2.75, 3.05) is 0 Å². The third-order valence-corrected chi connectivity index (χ3v) is 5.95. The molecule has 0 aliphatic carbocycles. The van der Waals surface area contributed by atoms with Crippen LogP contribution in [-0.4, -0.2) is 21.1 Å². The molecule has 6 heteroatoms. The number of hydrogen-bond acceptors (Lipinski definition) is 4. The van der Waals surface area contributed by atoms with Crippen molar-refractivity contribution < 1.29 is 0 Å². The highest BCUT2D eigenvalue weighted by Gasteiger charge is 2.30. The van der Waals surface area contributed by atoms with E-state index in [1.54, 1.807) is 4.68 Å². The van der Waals surface area contributed by atoms with E-state index < -0.39 is 0 Å². The minimum absolute atomic E-state index is 0.169. The van der Waals surface area contributed by atoms with Gasteiger partial charge in [0, 0.05) is 28.8 Å². The molecule has 0 radical (unpaired) electrons. The summed E-state index contributed by atoms with van der Waals surface area (Å²) in [7, 11) is 1.86. The average molecular weight is 323 g/mol. The van der Waals surface area contributed by atoms with Gasteiger partial charge in [-0.2, -0.15) is 5.10 Å². The zero-order valence-electron chi connectivity index (χ0n) is 12.1. The number of halogens is 1. The number of thioether (sulfide) groups is 1. The molecule has 1 aliphatic heterocycles. The fourth-order valence-electron chi connectivity index (χ4n) is 2.86. The zero-order chi connectivity index (χ0) is 15.0. The van der Waals surface area contributed by atoms with Gasteiger partial charge in [-0.1, -0.05) is 29.8 Å². The van der Waals surface area contributed by atoms with Gasteiger partial charge in [0.1, 0.15) is 5.15 Å². The number of hydrazine groups is 1. The van der Waals surface area contributed by atoms with Crippen molar-refractivity contribution in [2.45, 2.75) is 36.0 Å². The molecule has 0 spiro atoms. The predicted octanol–water partition coefficient (Wildman–Crippen LogP) is 2.47. The Labute approximate surface area is 134 Å². The molecule has 2 aromatic rings. The molecule has 0 fully saturated rings. The molecule has 3 N–H and O–H groups in total. The first kappa shape index (κ1) is 14.9. The Balaban J connectivity index is 1.78. The number of aryl methyl sites for hydroxylation is 2. The number of hydrogen-bond donors (Lipinski definition) is 2. The molecule has 0 amide bonds. The van der Waals surface area contributed by atoms with Crippen LogP contribution < -0.4 is 11.3 Å². The van der Waals surface area contributed by atoms with Crippen molar-refractivity contribution in [3.63, 3.8) is 0 Å². The quantitative estimate of drug-likeness (QED) is 0.670. The fourth-order valence-corrected chi connectivity index (χ4v) is 4.50. The first-order chi connectivity index (χ1) is 10.1. The molecule has 1 aliphatic rings. The minimum Gasteiger partial charge on any atom is -0.271 e. The van der Waals surface area contributed by atoms with Gasteiger partial charge in [-0.25, -0.2) is 0 Å². The molecule has 4 nitrogen and oxygen atoms in total. The topological polar surface area (TPSA) is 55.9 Å². The molecule has 112 valence electrons. The van der Waals surface area contributed by atoms with Crippen LogP contribution in [0.2, 0.25) is 5.15 Å². The number of nitrogens with two attached hydrogens (primary N) is 1. The third-order valence-electron chi connectivity index (χ3n) is 4.03. The fraction of sp³-hybridized carbons (Fsp3) is 0.400. The Kier molecular flexibility index (Phi) is 4.26. The van der Waals surface area contributed by atoms with Gasteiger partial charge in [-0.05, 0) is 31.4 Å². The molecule has 0 saturated heterocycles. The van der Waals surface area contributed by atoms with Gasteiger partial charge >= 0.3 is 0 Å². The Bertz CT molecular complexity index is 630. The first-order valence-corrected chi connectivity index (χ1v) is 8.24. The largest absolute Gasteiger partial charge is 0.271 e. The molecule has 2 unspecified atom stereocenters. The maximum atomic E-state index is 6.34. The highest BCUT2D eigenvalue weighted by molar-refractivity contribution is 8.00. The van der Waals surface area contributed by atoms with E-state index in [0.717, 1.165) is 24.1 Å². The molecule has 1 aromatic carbocycles. The summed E-state index contributed by atoms with van der Waals surface area (Å²) in [6.45, 7) is 1.99. The van der Waals surface area contributed by atoms with Crippen molar-refractivity contribution in [1.29, 1.82) is 0 Å². The summed E-state index contributed by atoms with van der Waals surface area (Å²) in [5.74, 6) is 5.81. The predicted molar refractivity (Wildman–Crippen MR) is 87.6 cm³/mol. The van der Waals surface area contributed by atoms with Crippen LogP contribution in [0.5, 0.6) is 0 Å². The maximum Gasteiger partial charge on any atom is 0.130 e. The summed E-state index contributed by atoms with van der Waals surface area (Å²) < 4.78 is 1.72. The number of nitrogens with one attached hydrogen (secondary N) is 1. The lowest BCUT2D eigenvalue weighted by molar-refractivity contribution is 0.505. The minimum atomic E-state index is 0.169. The maximum absolute atomic E-state index is 6.34. The van der Waals surface area contributed by atoms with Gasteiger partial charge < -0.3 is 0 Å². The lowest BCUT2D eigenvalue weighted by Crippen LogP contribution is -2.44. The van der Waals surface area contributed by atoms with Crippen molar-refractivity contribution in [1.82, 2.24) is 15.2 Å². The zero-order valence-corrected chi connectivity index (χ0v) is 13.7. The number of fused-ring (bicyclic) bond motifs is 1. The first-order valence-electron chi connectivity index (χ1n) is 6.98. The van der Waals surface area contributed by atoms with E-state index in [-0.39, 0.29) is 6.04 Å². The Morgan fingerprint density at radius 2 is 2.29 bits per heavy atom. The van der Waals surface area contributed by atoms with E-state index in [1.807, 2.05) is 25.7 Å². The molecule has 0 bridgehead atoms. The highest BCUT2D eigenvalue weighted by Crippen LogP contribution is 2.39. The van der Waals surface area contributed by atoms with E-state index >= 15 is 0 Å². The van der Waals surface area contributed by atoms with Crippen molar-refractivity contribution in [3.05, 3.63) is 46.2 Å². The molecule has 0 saturated carbocycles. The lowest BCUT2D eigenvalue weighted by atomic mass is 10.00. The second-order valence-corrected chi connectivity index (χ2v) is 7.06. The molecule has 2 atom stereocenters.